The molecule has 0 bridgehead atoms. The number of aryl methyl sites for hydroxylation is 1. The lowest BCUT2D eigenvalue weighted by atomic mass is 10.1. The van der Waals surface area contributed by atoms with Gasteiger partial charge in [0.1, 0.15) is 0 Å². The van der Waals surface area contributed by atoms with Crippen LogP contribution in [0.2, 0.25) is 0 Å². The molecule has 0 aliphatic carbocycles. The Kier molecular flexibility index (Phi) is 5.52. The van der Waals surface area contributed by atoms with Gasteiger partial charge in [0.25, 0.3) is 0 Å². The van der Waals surface area contributed by atoms with Crippen LogP contribution in [0, 0.1) is 6.92 Å². The summed E-state index contributed by atoms with van der Waals surface area (Å²) in [5, 5.41) is 2.97. The van der Waals surface area contributed by atoms with E-state index in [-0.39, 0.29) is 5.91 Å². The molecule has 0 aliphatic rings. The monoisotopic (exact) mass is 283 g/mol. The van der Waals surface area contributed by atoms with Gasteiger partial charge in [-0.3, -0.25) is 4.79 Å². The van der Waals surface area contributed by atoms with Crippen LogP contribution >= 0.6 is 0 Å². The van der Waals surface area contributed by atoms with Crippen LogP contribution < -0.4 is 5.32 Å². The SMILES string of the molecule is COCc1ccccc1CNC(=O)Cc1ccc(C)cc1. The minimum Gasteiger partial charge on any atom is -0.380 e. The van der Waals surface area contributed by atoms with Gasteiger partial charge >= 0.3 is 0 Å². The summed E-state index contributed by atoms with van der Waals surface area (Å²) in [6.07, 6.45) is 0.409. The van der Waals surface area contributed by atoms with Crippen LogP contribution in [0.15, 0.2) is 48.5 Å². The maximum Gasteiger partial charge on any atom is 0.224 e. The number of methoxy groups -OCH3 is 1. The van der Waals surface area contributed by atoms with Crippen LogP contribution in [0.1, 0.15) is 22.3 Å². The molecule has 0 saturated heterocycles. The topological polar surface area (TPSA) is 38.3 Å². The third kappa shape index (κ3) is 4.72. The van der Waals surface area contributed by atoms with Crippen LogP contribution in [0.3, 0.4) is 0 Å². The normalized spacial score (nSPS) is 10.4. The zero-order valence-corrected chi connectivity index (χ0v) is 12.6. The number of carbonyl (C=O) groups is 1. The van der Waals surface area contributed by atoms with Gasteiger partial charge < -0.3 is 10.1 Å². The Morgan fingerprint density at radius 3 is 2.38 bits per heavy atom. The molecule has 110 valence electrons. The van der Waals surface area contributed by atoms with E-state index in [1.807, 2.05) is 55.5 Å². The molecular weight excluding hydrogens is 262 g/mol. The summed E-state index contributed by atoms with van der Waals surface area (Å²) in [6.45, 7) is 3.13. The van der Waals surface area contributed by atoms with E-state index in [1.54, 1.807) is 7.11 Å². The van der Waals surface area contributed by atoms with E-state index < -0.39 is 0 Å². The summed E-state index contributed by atoms with van der Waals surface area (Å²) in [7, 11) is 1.67. The lowest BCUT2D eigenvalue weighted by Crippen LogP contribution is -2.25. The summed E-state index contributed by atoms with van der Waals surface area (Å²) < 4.78 is 5.17. The molecule has 0 heterocycles. The van der Waals surface area contributed by atoms with Crippen LogP contribution in [-0.2, 0) is 29.1 Å². The van der Waals surface area contributed by atoms with Crippen LogP contribution in [-0.4, -0.2) is 13.0 Å². The number of hydrogen-bond donors (Lipinski definition) is 1. The molecule has 2 aromatic carbocycles. The molecule has 3 nitrogen and oxygen atoms in total. The molecule has 0 unspecified atom stereocenters. The average Bonchev–Trinajstić information content (AvgIpc) is 2.49. The standard InChI is InChI=1S/C18H21NO2/c1-14-7-9-15(10-8-14)11-18(20)19-12-16-5-3-4-6-17(16)13-21-2/h3-10H,11-13H2,1-2H3,(H,19,20). The fraction of sp³-hybridized carbons (Fsp3) is 0.278. The number of nitrogens with one attached hydrogen (secondary N) is 1. The van der Waals surface area contributed by atoms with Crippen molar-refractivity contribution in [2.45, 2.75) is 26.5 Å². The summed E-state index contributed by atoms with van der Waals surface area (Å²) in [5.74, 6) is 0.0334. The maximum absolute atomic E-state index is 12.0. The van der Waals surface area contributed by atoms with Crippen molar-refractivity contribution in [1.29, 1.82) is 0 Å². The second-order valence-electron chi connectivity index (χ2n) is 5.14. The highest BCUT2D eigenvalue weighted by molar-refractivity contribution is 5.78. The smallest absolute Gasteiger partial charge is 0.224 e. The van der Waals surface area contributed by atoms with Crippen molar-refractivity contribution in [3.05, 3.63) is 70.8 Å². The second-order valence-corrected chi connectivity index (χ2v) is 5.14. The molecule has 2 rings (SSSR count). The Morgan fingerprint density at radius 1 is 1.05 bits per heavy atom. The first-order valence-corrected chi connectivity index (χ1v) is 7.07. The van der Waals surface area contributed by atoms with Gasteiger partial charge in [0.2, 0.25) is 5.91 Å². The Balaban J connectivity index is 1.90. The molecule has 1 amide bonds. The van der Waals surface area contributed by atoms with Crippen molar-refractivity contribution >= 4 is 5.91 Å². The number of amides is 1. The molecule has 2 aromatic rings. The second kappa shape index (κ2) is 7.60. The number of hydrogen-bond acceptors (Lipinski definition) is 2. The van der Waals surface area contributed by atoms with Gasteiger partial charge in [-0.1, -0.05) is 54.1 Å². The third-order valence-electron chi connectivity index (χ3n) is 3.38. The quantitative estimate of drug-likeness (QED) is 0.885. The number of carbonyl (C=O) groups excluding carboxylic acids is 1. The Hall–Kier alpha value is -2.13. The predicted octanol–water partition coefficient (Wildman–Crippen LogP) is 3.00. The van der Waals surface area contributed by atoms with Crippen molar-refractivity contribution in [3.63, 3.8) is 0 Å². The molecular formula is C18H21NO2. The first-order chi connectivity index (χ1) is 10.2. The van der Waals surface area contributed by atoms with Crippen LogP contribution in [0.25, 0.3) is 0 Å². The zero-order valence-electron chi connectivity index (χ0n) is 12.6. The fourth-order valence-electron chi connectivity index (χ4n) is 2.17. The molecule has 0 aromatic heterocycles. The molecule has 3 heteroatoms. The van der Waals surface area contributed by atoms with Crippen molar-refractivity contribution in [2.24, 2.45) is 0 Å². The van der Waals surface area contributed by atoms with Gasteiger partial charge in [0, 0.05) is 13.7 Å². The highest BCUT2D eigenvalue weighted by Gasteiger charge is 2.05. The minimum atomic E-state index is 0.0334. The van der Waals surface area contributed by atoms with Crippen molar-refractivity contribution in [2.75, 3.05) is 7.11 Å². The number of rotatable bonds is 6. The molecule has 0 atom stereocenters. The average molecular weight is 283 g/mol. The van der Waals surface area contributed by atoms with E-state index in [1.165, 1.54) is 5.56 Å². The molecule has 0 saturated carbocycles. The van der Waals surface area contributed by atoms with E-state index >= 15 is 0 Å². The van der Waals surface area contributed by atoms with Crippen molar-refractivity contribution in [1.82, 2.24) is 5.32 Å². The molecule has 0 fully saturated rings. The molecule has 0 aliphatic heterocycles. The van der Waals surface area contributed by atoms with E-state index in [0.717, 1.165) is 16.7 Å². The van der Waals surface area contributed by atoms with E-state index in [4.69, 9.17) is 4.74 Å². The highest BCUT2D eigenvalue weighted by Crippen LogP contribution is 2.10. The summed E-state index contributed by atoms with van der Waals surface area (Å²) in [6, 6.07) is 16.0. The summed E-state index contributed by atoms with van der Waals surface area (Å²) >= 11 is 0. The molecule has 0 spiro atoms. The first kappa shape index (κ1) is 15.3. The number of ether oxygens (including phenoxy) is 1. The van der Waals surface area contributed by atoms with Gasteiger partial charge in [-0.05, 0) is 23.6 Å². The molecule has 21 heavy (non-hydrogen) atoms. The summed E-state index contributed by atoms with van der Waals surface area (Å²) in [4.78, 5) is 12.0. The summed E-state index contributed by atoms with van der Waals surface area (Å²) in [5.41, 5.74) is 4.43. The van der Waals surface area contributed by atoms with E-state index in [9.17, 15) is 4.79 Å². The Morgan fingerprint density at radius 2 is 1.71 bits per heavy atom. The first-order valence-electron chi connectivity index (χ1n) is 7.07. The predicted molar refractivity (Wildman–Crippen MR) is 83.9 cm³/mol. The van der Waals surface area contributed by atoms with E-state index in [2.05, 4.69) is 5.32 Å². The lowest BCUT2D eigenvalue weighted by molar-refractivity contribution is -0.120. The molecule has 1 N–H and O–H groups in total. The van der Waals surface area contributed by atoms with Crippen LogP contribution in [0.5, 0.6) is 0 Å². The van der Waals surface area contributed by atoms with Crippen molar-refractivity contribution < 1.29 is 9.53 Å². The lowest BCUT2D eigenvalue weighted by Gasteiger charge is -2.10. The van der Waals surface area contributed by atoms with Crippen molar-refractivity contribution in [3.8, 4) is 0 Å². The van der Waals surface area contributed by atoms with Gasteiger partial charge in [-0.2, -0.15) is 0 Å². The fourth-order valence-corrected chi connectivity index (χ4v) is 2.17. The van der Waals surface area contributed by atoms with Gasteiger partial charge in [-0.15, -0.1) is 0 Å². The minimum absolute atomic E-state index is 0.0334. The van der Waals surface area contributed by atoms with E-state index in [0.29, 0.717) is 19.6 Å². The Labute approximate surface area is 126 Å². The maximum atomic E-state index is 12.0. The van der Waals surface area contributed by atoms with Gasteiger partial charge in [-0.25, -0.2) is 0 Å². The largest absolute Gasteiger partial charge is 0.380 e. The van der Waals surface area contributed by atoms with Crippen LogP contribution in [0.4, 0.5) is 0 Å². The third-order valence-corrected chi connectivity index (χ3v) is 3.38. The Bertz CT molecular complexity index is 590. The molecule has 0 radical (unpaired) electrons. The van der Waals surface area contributed by atoms with Gasteiger partial charge in [0.05, 0.1) is 13.0 Å². The number of benzene rings is 2. The van der Waals surface area contributed by atoms with Gasteiger partial charge in [0.15, 0.2) is 0 Å². The zero-order chi connectivity index (χ0) is 15.1. The highest BCUT2D eigenvalue weighted by atomic mass is 16.5.